The van der Waals surface area contributed by atoms with Crippen molar-refractivity contribution in [3.05, 3.63) is 28.7 Å². The van der Waals surface area contributed by atoms with Crippen LogP contribution in [0.4, 0.5) is 0 Å². The molecule has 0 aliphatic carbocycles. The molecule has 1 unspecified atom stereocenters. The van der Waals surface area contributed by atoms with Crippen molar-refractivity contribution < 1.29 is 14.6 Å². The van der Waals surface area contributed by atoms with E-state index in [2.05, 4.69) is 15.9 Å². The van der Waals surface area contributed by atoms with E-state index < -0.39 is 5.97 Å². The van der Waals surface area contributed by atoms with Crippen LogP contribution in [0.1, 0.15) is 25.7 Å². The average molecular weight is 342 g/mol. The molecule has 0 bridgehead atoms. The number of ether oxygens (including phenoxy) is 1. The first-order valence-corrected chi connectivity index (χ1v) is 7.81. The number of carbonyl (C=O) groups is 1. The number of rotatable bonds is 5. The molecule has 110 valence electrons. The second-order valence-electron chi connectivity index (χ2n) is 5.05. The van der Waals surface area contributed by atoms with E-state index in [-0.39, 0.29) is 6.04 Å². The second-order valence-corrected chi connectivity index (χ2v) is 5.96. The van der Waals surface area contributed by atoms with Gasteiger partial charge in [0.25, 0.3) is 0 Å². The van der Waals surface area contributed by atoms with Crippen molar-refractivity contribution in [2.75, 3.05) is 19.7 Å². The molecule has 0 spiro atoms. The van der Waals surface area contributed by atoms with Crippen LogP contribution in [0, 0.1) is 0 Å². The van der Waals surface area contributed by atoms with E-state index in [9.17, 15) is 9.90 Å². The van der Waals surface area contributed by atoms with E-state index >= 15 is 0 Å². The van der Waals surface area contributed by atoms with Crippen molar-refractivity contribution in [1.82, 2.24) is 4.90 Å². The summed E-state index contributed by atoms with van der Waals surface area (Å²) in [7, 11) is 0. The Labute approximate surface area is 127 Å². The zero-order chi connectivity index (χ0) is 14.4. The van der Waals surface area contributed by atoms with Crippen LogP contribution in [-0.4, -0.2) is 41.7 Å². The minimum atomic E-state index is -0.714. The highest BCUT2D eigenvalue weighted by atomic mass is 79.9. The largest absolute Gasteiger partial charge is 0.492 e. The molecule has 1 heterocycles. The summed E-state index contributed by atoms with van der Waals surface area (Å²) in [6.45, 7) is 2.02. The normalized spacial score (nSPS) is 20.4. The second kappa shape index (κ2) is 7.64. The number of carboxylic acid groups (broad SMARTS) is 1. The average Bonchev–Trinajstić information content (AvgIpc) is 2.64. The molecule has 1 fully saturated rings. The minimum absolute atomic E-state index is 0.358. The molecule has 4 nitrogen and oxygen atoms in total. The van der Waals surface area contributed by atoms with Crippen molar-refractivity contribution in [3.8, 4) is 5.75 Å². The zero-order valence-electron chi connectivity index (χ0n) is 11.4. The first-order valence-electron chi connectivity index (χ1n) is 7.02. The third-order valence-electron chi connectivity index (χ3n) is 3.59. The summed E-state index contributed by atoms with van der Waals surface area (Å²) < 4.78 is 6.67. The fourth-order valence-corrected chi connectivity index (χ4v) is 2.93. The lowest BCUT2D eigenvalue weighted by Gasteiger charge is -2.26. The van der Waals surface area contributed by atoms with Crippen LogP contribution >= 0.6 is 15.9 Å². The molecule has 1 atom stereocenters. The molecule has 0 radical (unpaired) electrons. The molecular formula is C15H20BrNO3. The third kappa shape index (κ3) is 4.49. The van der Waals surface area contributed by atoms with Gasteiger partial charge in [-0.25, -0.2) is 0 Å². The van der Waals surface area contributed by atoms with Gasteiger partial charge in [0, 0.05) is 11.0 Å². The van der Waals surface area contributed by atoms with Crippen LogP contribution in [0.5, 0.6) is 5.75 Å². The van der Waals surface area contributed by atoms with Gasteiger partial charge >= 0.3 is 5.97 Å². The van der Waals surface area contributed by atoms with E-state index in [1.165, 1.54) is 0 Å². The molecule has 1 N–H and O–H groups in total. The molecule has 1 aromatic rings. The number of hydrogen-bond acceptors (Lipinski definition) is 3. The Morgan fingerprint density at radius 1 is 1.40 bits per heavy atom. The number of halogens is 1. The Kier molecular flexibility index (Phi) is 5.86. The first-order chi connectivity index (χ1) is 9.66. The molecular weight excluding hydrogens is 322 g/mol. The number of aliphatic carboxylic acids is 1. The lowest BCUT2D eigenvalue weighted by atomic mass is 10.1. The summed E-state index contributed by atoms with van der Waals surface area (Å²) in [5, 5.41) is 9.30. The summed E-state index contributed by atoms with van der Waals surface area (Å²) in [5.41, 5.74) is 0. The van der Waals surface area contributed by atoms with Gasteiger partial charge in [0.1, 0.15) is 18.4 Å². The van der Waals surface area contributed by atoms with Crippen LogP contribution in [0.2, 0.25) is 0 Å². The highest BCUT2D eigenvalue weighted by Gasteiger charge is 2.26. The molecule has 1 aromatic carbocycles. The lowest BCUT2D eigenvalue weighted by molar-refractivity contribution is -0.143. The van der Waals surface area contributed by atoms with Crippen LogP contribution in [0.25, 0.3) is 0 Å². The van der Waals surface area contributed by atoms with Gasteiger partial charge in [0.05, 0.1) is 0 Å². The molecule has 1 aliphatic heterocycles. The maximum atomic E-state index is 11.3. The lowest BCUT2D eigenvalue weighted by Crippen LogP contribution is -2.42. The molecule has 1 saturated heterocycles. The molecule has 0 amide bonds. The van der Waals surface area contributed by atoms with Crippen molar-refractivity contribution >= 4 is 21.9 Å². The maximum Gasteiger partial charge on any atom is 0.320 e. The van der Waals surface area contributed by atoms with Crippen LogP contribution in [0.3, 0.4) is 0 Å². The fourth-order valence-electron chi connectivity index (χ4n) is 2.55. The van der Waals surface area contributed by atoms with Gasteiger partial charge in [-0.15, -0.1) is 0 Å². The quantitative estimate of drug-likeness (QED) is 0.893. The zero-order valence-corrected chi connectivity index (χ0v) is 13.0. The van der Waals surface area contributed by atoms with Crippen molar-refractivity contribution in [2.45, 2.75) is 31.7 Å². The minimum Gasteiger partial charge on any atom is -0.492 e. The SMILES string of the molecule is O=C(O)C1CCCCCN1CCOc1cccc(Br)c1. The summed E-state index contributed by atoms with van der Waals surface area (Å²) >= 11 is 3.40. The number of carboxylic acids is 1. The molecule has 2 rings (SSSR count). The first kappa shape index (κ1) is 15.3. The van der Waals surface area contributed by atoms with E-state index in [1.54, 1.807) is 0 Å². The van der Waals surface area contributed by atoms with E-state index in [1.807, 2.05) is 29.2 Å². The Morgan fingerprint density at radius 3 is 3.00 bits per heavy atom. The summed E-state index contributed by atoms with van der Waals surface area (Å²) in [6, 6.07) is 7.33. The maximum absolute atomic E-state index is 11.3. The van der Waals surface area contributed by atoms with E-state index in [0.29, 0.717) is 13.2 Å². The number of hydrogen-bond donors (Lipinski definition) is 1. The Bertz CT molecular complexity index is 452. The Balaban J connectivity index is 1.86. The highest BCUT2D eigenvalue weighted by Crippen LogP contribution is 2.19. The van der Waals surface area contributed by atoms with Crippen LogP contribution in [-0.2, 0) is 4.79 Å². The fraction of sp³-hybridized carbons (Fsp3) is 0.533. The van der Waals surface area contributed by atoms with Gasteiger partial charge in [-0.1, -0.05) is 34.8 Å². The van der Waals surface area contributed by atoms with Gasteiger partial charge in [0.15, 0.2) is 0 Å². The van der Waals surface area contributed by atoms with Gasteiger partial charge in [-0.05, 0) is 37.6 Å². The van der Waals surface area contributed by atoms with Crippen molar-refractivity contribution in [1.29, 1.82) is 0 Å². The highest BCUT2D eigenvalue weighted by molar-refractivity contribution is 9.10. The number of likely N-dealkylation sites (tertiary alicyclic amines) is 1. The smallest absolute Gasteiger partial charge is 0.320 e. The Morgan fingerprint density at radius 2 is 2.25 bits per heavy atom. The summed E-state index contributed by atoms with van der Waals surface area (Å²) in [4.78, 5) is 13.3. The van der Waals surface area contributed by atoms with Crippen LogP contribution in [0.15, 0.2) is 28.7 Å². The van der Waals surface area contributed by atoms with Gasteiger partial charge in [-0.3, -0.25) is 9.69 Å². The molecule has 5 heteroatoms. The van der Waals surface area contributed by atoms with Crippen LogP contribution < -0.4 is 4.74 Å². The van der Waals surface area contributed by atoms with E-state index in [0.717, 1.165) is 42.5 Å². The molecule has 20 heavy (non-hydrogen) atoms. The third-order valence-corrected chi connectivity index (χ3v) is 4.09. The Hall–Kier alpha value is -1.07. The monoisotopic (exact) mass is 341 g/mol. The summed E-state index contributed by atoms with van der Waals surface area (Å²) in [6.07, 6.45) is 3.93. The molecule has 1 aliphatic rings. The standard InChI is InChI=1S/C15H20BrNO3/c16-12-5-4-6-13(11-12)20-10-9-17-8-3-1-2-7-14(17)15(18)19/h4-6,11,14H,1-3,7-10H2,(H,18,19). The van der Waals surface area contributed by atoms with Gasteiger partial charge in [-0.2, -0.15) is 0 Å². The predicted molar refractivity (Wildman–Crippen MR) is 81.1 cm³/mol. The van der Waals surface area contributed by atoms with Crippen molar-refractivity contribution in [2.24, 2.45) is 0 Å². The topological polar surface area (TPSA) is 49.8 Å². The summed E-state index contributed by atoms with van der Waals surface area (Å²) in [5.74, 6) is 0.0930. The van der Waals surface area contributed by atoms with Crippen molar-refractivity contribution in [3.63, 3.8) is 0 Å². The molecule has 0 saturated carbocycles. The predicted octanol–water partition coefficient (Wildman–Crippen LogP) is 3.16. The number of benzene rings is 1. The number of nitrogens with zero attached hydrogens (tertiary/aromatic N) is 1. The van der Waals surface area contributed by atoms with Gasteiger partial charge in [0.2, 0.25) is 0 Å². The molecule has 0 aromatic heterocycles. The van der Waals surface area contributed by atoms with E-state index in [4.69, 9.17) is 4.74 Å². The van der Waals surface area contributed by atoms with Gasteiger partial charge < -0.3 is 9.84 Å².